The molecule has 9 heteroatoms. The van der Waals surface area contributed by atoms with Crippen LogP contribution in [0.25, 0.3) is 0 Å². The van der Waals surface area contributed by atoms with Gasteiger partial charge in [0.25, 0.3) is 0 Å². The number of carbonyl (C=O) groups excluding carboxylic acids is 1. The standard InChI is InChI=1S/C22H24Cl2N4O2S/c1-4-15-6-8-19(9-7-15)30-14(3)21-26-27-22(28(21)5-2)31-13-20(29)25-18-11-16(23)10-17(24)12-18/h6-12,14H,4-5,13H2,1-3H3,(H,25,29). The fourth-order valence-corrected chi connectivity index (χ4v) is 4.35. The van der Waals surface area contributed by atoms with E-state index in [1.165, 1.54) is 17.3 Å². The summed E-state index contributed by atoms with van der Waals surface area (Å²) in [7, 11) is 0. The molecular formula is C22H24Cl2N4O2S. The average molecular weight is 479 g/mol. The molecule has 164 valence electrons. The topological polar surface area (TPSA) is 69.0 Å². The van der Waals surface area contributed by atoms with Gasteiger partial charge in [0, 0.05) is 22.3 Å². The summed E-state index contributed by atoms with van der Waals surface area (Å²) in [6.07, 6.45) is 0.704. The molecule has 1 amide bonds. The van der Waals surface area contributed by atoms with Gasteiger partial charge in [-0.15, -0.1) is 10.2 Å². The van der Waals surface area contributed by atoms with Crippen LogP contribution in [0.4, 0.5) is 5.69 Å². The van der Waals surface area contributed by atoms with Gasteiger partial charge in [0.2, 0.25) is 5.91 Å². The zero-order chi connectivity index (χ0) is 22.4. The van der Waals surface area contributed by atoms with E-state index in [2.05, 4.69) is 34.6 Å². The number of aryl methyl sites for hydroxylation is 1. The number of benzene rings is 2. The van der Waals surface area contributed by atoms with Gasteiger partial charge in [0.1, 0.15) is 5.75 Å². The average Bonchev–Trinajstić information content (AvgIpc) is 3.15. The lowest BCUT2D eigenvalue weighted by atomic mass is 10.2. The molecule has 0 aliphatic heterocycles. The van der Waals surface area contributed by atoms with Crippen LogP contribution in [0.2, 0.25) is 10.0 Å². The van der Waals surface area contributed by atoms with E-state index in [9.17, 15) is 4.79 Å². The fraction of sp³-hybridized carbons (Fsp3) is 0.318. The molecule has 31 heavy (non-hydrogen) atoms. The van der Waals surface area contributed by atoms with Crippen LogP contribution in [0, 0.1) is 0 Å². The highest BCUT2D eigenvalue weighted by atomic mass is 35.5. The largest absolute Gasteiger partial charge is 0.483 e. The van der Waals surface area contributed by atoms with Crippen molar-refractivity contribution in [1.29, 1.82) is 0 Å². The van der Waals surface area contributed by atoms with Gasteiger partial charge in [-0.25, -0.2) is 0 Å². The maximum atomic E-state index is 12.3. The Balaban J connectivity index is 1.62. The molecule has 0 saturated heterocycles. The monoisotopic (exact) mass is 478 g/mol. The first kappa shape index (κ1) is 23.4. The number of carbonyl (C=O) groups is 1. The van der Waals surface area contributed by atoms with Gasteiger partial charge in [-0.1, -0.05) is 54.0 Å². The summed E-state index contributed by atoms with van der Waals surface area (Å²) < 4.78 is 8.00. The van der Waals surface area contributed by atoms with Gasteiger partial charge in [-0.05, 0) is 56.2 Å². The normalized spacial score (nSPS) is 11.9. The first-order valence-electron chi connectivity index (χ1n) is 9.97. The number of thioether (sulfide) groups is 1. The molecular weight excluding hydrogens is 455 g/mol. The van der Waals surface area contributed by atoms with E-state index in [-0.39, 0.29) is 17.8 Å². The van der Waals surface area contributed by atoms with Crippen LogP contribution in [0.1, 0.15) is 38.3 Å². The van der Waals surface area contributed by atoms with Gasteiger partial charge in [-0.2, -0.15) is 0 Å². The van der Waals surface area contributed by atoms with E-state index in [0.717, 1.165) is 12.2 Å². The summed E-state index contributed by atoms with van der Waals surface area (Å²) in [6.45, 7) is 6.73. The summed E-state index contributed by atoms with van der Waals surface area (Å²) >= 11 is 13.3. The van der Waals surface area contributed by atoms with E-state index < -0.39 is 0 Å². The Morgan fingerprint density at radius 1 is 1.13 bits per heavy atom. The van der Waals surface area contributed by atoms with Crippen molar-refractivity contribution in [2.75, 3.05) is 11.1 Å². The van der Waals surface area contributed by atoms with E-state index in [1.54, 1.807) is 18.2 Å². The first-order valence-corrected chi connectivity index (χ1v) is 11.7. The predicted molar refractivity (Wildman–Crippen MR) is 126 cm³/mol. The molecule has 1 N–H and O–H groups in total. The predicted octanol–water partition coefficient (Wildman–Crippen LogP) is 6.04. The second kappa shape index (κ2) is 10.9. The van der Waals surface area contributed by atoms with Crippen LogP contribution < -0.4 is 10.1 Å². The molecule has 1 unspecified atom stereocenters. The smallest absolute Gasteiger partial charge is 0.234 e. The number of anilines is 1. The van der Waals surface area contributed by atoms with Crippen molar-refractivity contribution in [1.82, 2.24) is 14.8 Å². The second-order valence-electron chi connectivity index (χ2n) is 6.84. The number of halogens is 2. The Hall–Kier alpha value is -2.22. The number of aromatic nitrogens is 3. The van der Waals surface area contributed by atoms with E-state index in [4.69, 9.17) is 27.9 Å². The Morgan fingerprint density at radius 3 is 2.42 bits per heavy atom. The molecule has 6 nitrogen and oxygen atoms in total. The first-order chi connectivity index (χ1) is 14.9. The SMILES string of the molecule is CCc1ccc(OC(C)c2nnc(SCC(=O)Nc3cc(Cl)cc(Cl)c3)n2CC)cc1. The Kier molecular flexibility index (Phi) is 8.23. The minimum absolute atomic E-state index is 0.177. The summed E-state index contributed by atoms with van der Waals surface area (Å²) in [6, 6.07) is 12.9. The highest BCUT2D eigenvalue weighted by molar-refractivity contribution is 7.99. The third kappa shape index (κ3) is 6.38. The van der Waals surface area contributed by atoms with Crippen LogP contribution in [0.3, 0.4) is 0 Å². The third-order valence-corrected chi connectivity index (χ3v) is 5.95. The summed E-state index contributed by atoms with van der Waals surface area (Å²) in [5.41, 5.74) is 1.81. The highest BCUT2D eigenvalue weighted by Gasteiger charge is 2.19. The Morgan fingerprint density at radius 2 is 1.81 bits per heavy atom. The van der Waals surface area contributed by atoms with Crippen LogP contribution in [0.15, 0.2) is 47.6 Å². The quantitative estimate of drug-likeness (QED) is 0.379. The van der Waals surface area contributed by atoms with Crippen LogP contribution in [-0.2, 0) is 17.8 Å². The molecule has 1 aromatic heterocycles. The second-order valence-corrected chi connectivity index (χ2v) is 8.65. The van der Waals surface area contributed by atoms with Gasteiger partial charge >= 0.3 is 0 Å². The Bertz CT molecular complexity index is 1020. The molecule has 0 aliphatic rings. The number of ether oxygens (including phenoxy) is 1. The summed E-state index contributed by atoms with van der Waals surface area (Å²) in [5, 5.41) is 12.9. The lowest BCUT2D eigenvalue weighted by Crippen LogP contribution is -2.15. The maximum absolute atomic E-state index is 12.3. The van der Waals surface area contributed by atoms with Gasteiger partial charge in [0.15, 0.2) is 17.1 Å². The van der Waals surface area contributed by atoms with Gasteiger partial charge in [0.05, 0.1) is 5.75 Å². The molecule has 0 bridgehead atoms. The number of rotatable bonds is 9. The van der Waals surface area contributed by atoms with Crippen LogP contribution in [0.5, 0.6) is 5.75 Å². The molecule has 3 rings (SSSR count). The zero-order valence-corrected chi connectivity index (χ0v) is 19.9. The number of nitrogens with zero attached hydrogens (tertiary/aromatic N) is 3. The molecule has 3 aromatic rings. The van der Waals surface area contributed by atoms with Crippen molar-refractivity contribution in [3.05, 3.63) is 63.9 Å². The third-order valence-electron chi connectivity index (χ3n) is 4.55. The number of nitrogens with one attached hydrogen (secondary N) is 1. The number of hydrogen-bond donors (Lipinski definition) is 1. The van der Waals surface area contributed by atoms with Crippen molar-refractivity contribution in [2.24, 2.45) is 0 Å². The minimum atomic E-state index is -0.281. The number of hydrogen-bond acceptors (Lipinski definition) is 5. The molecule has 2 aromatic carbocycles. The van der Waals surface area contributed by atoms with Crippen LogP contribution in [-0.4, -0.2) is 26.4 Å². The van der Waals surface area contributed by atoms with Crippen LogP contribution >= 0.6 is 35.0 Å². The molecule has 0 radical (unpaired) electrons. The van der Waals surface area contributed by atoms with Crippen molar-refractivity contribution in [3.8, 4) is 5.75 Å². The molecule has 0 spiro atoms. The van der Waals surface area contributed by atoms with Crippen molar-refractivity contribution >= 4 is 46.6 Å². The molecule has 0 aliphatic carbocycles. The van der Waals surface area contributed by atoms with Gasteiger partial charge < -0.3 is 14.6 Å². The maximum Gasteiger partial charge on any atom is 0.234 e. The molecule has 0 fully saturated rings. The highest BCUT2D eigenvalue weighted by Crippen LogP contribution is 2.26. The van der Waals surface area contributed by atoms with E-state index in [1.807, 2.05) is 30.5 Å². The van der Waals surface area contributed by atoms with E-state index in [0.29, 0.717) is 33.3 Å². The number of amides is 1. The lowest BCUT2D eigenvalue weighted by Gasteiger charge is -2.16. The minimum Gasteiger partial charge on any atom is -0.483 e. The van der Waals surface area contributed by atoms with Crippen molar-refractivity contribution < 1.29 is 9.53 Å². The van der Waals surface area contributed by atoms with Gasteiger partial charge in [-0.3, -0.25) is 4.79 Å². The van der Waals surface area contributed by atoms with Crippen molar-refractivity contribution in [3.63, 3.8) is 0 Å². The zero-order valence-electron chi connectivity index (χ0n) is 17.6. The van der Waals surface area contributed by atoms with E-state index >= 15 is 0 Å². The Labute approximate surface area is 196 Å². The fourth-order valence-electron chi connectivity index (χ4n) is 3.02. The summed E-state index contributed by atoms with van der Waals surface area (Å²) in [5.74, 6) is 1.49. The molecule has 1 atom stereocenters. The molecule has 0 saturated carbocycles. The van der Waals surface area contributed by atoms with Crippen molar-refractivity contribution in [2.45, 2.75) is 45.0 Å². The lowest BCUT2D eigenvalue weighted by molar-refractivity contribution is -0.113. The molecule has 1 heterocycles. The summed E-state index contributed by atoms with van der Waals surface area (Å²) in [4.78, 5) is 12.3.